The molecule has 0 spiro atoms. The van der Waals surface area contributed by atoms with Gasteiger partial charge in [-0.05, 0) is 18.6 Å². The fourth-order valence-electron chi connectivity index (χ4n) is 3.29. The second-order valence-electron chi connectivity index (χ2n) is 7.18. The number of nitrogen functional groups attached to an aromatic ring is 1. The van der Waals surface area contributed by atoms with Gasteiger partial charge >= 0.3 is 11.7 Å². The van der Waals surface area contributed by atoms with Crippen molar-refractivity contribution in [2.24, 2.45) is 0 Å². The minimum atomic E-state index is -0.918. The van der Waals surface area contributed by atoms with E-state index in [1.54, 1.807) is 37.3 Å². The number of benzene rings is 2. The maximum Gasteiger partial charge on any atom is 0.338 e. The van der Waals surface area contributed by atoms with Crippen LogP contribution in [0.4, 0.5) is 17.2 Å². The summed E-state index contributed by atoms with van der Waals surface area (Å²) in [5, 5.41) is 11.3. The van der Waals surface area contributed by atoms with E-state index in [1.807, 2.05) is 0 Å². The molecule has 0 aliphatic heterocycles. The predicted molar refractivity (Wildman–Crippen MR) is 123 cm³/mol. The molecule has 0 unspecified atom stereocenters. The highest BCUT2D eigenvalue weighted by Gasteiger charge is 2.25. The van der Waals surface area contributed by atoms with Crippen molar-refractivity contribution in [1.82, 2.24) is 9.55 Å². The van der Waals surface area contributed by atoms with Crippen LogP contribution in [0.2, 0.25) is 0 Å². The van der Waals surface area contributed by atoms with Gasteiger partial charge in [0.1, 0.15) is 5.82 Å². The van der Waals surface area contributed by atoms with E-state index in [9.17, 15) is 29.3 Å². The minimum absolute atomic E-state index is 0.0274. The van der Waals surface area contributed by atoms with E-state index in [0.717, 1.165) is 33.2 Å². The molecule has 0 atom stereocenters. The first kappa shape index (κ1) is 23.9. The summed E-state index contributed by atoms with van der Waals surface area (Å²) in [6.07, 6.45) is 0. The highest BCUT2D eigenvalue weighted by Crippen LogP contribution is 2.23. The smallest absolute Gasteiger partial charge is 0.338 e. The summed E-state index contributed by atoms with van der Waals surface area (Å²) in [7, 11) is 1.23. The number of carbonyl (C=O) groups excluding carboxylic acids is 2. The van der Waals surface area contributed by atoms with Gasteiger partial charge in [-0.1, -0.05) is 30.3 Å². The van der Waals surface area contributed by atoms with Gasteiger partial charge in [0.05, 0.1) is 23.6 Å². The van der Waals surface area contributed by atoms with Crippen molar-refractivity contribution in [3.63, 3.8) is 0 Å². The molecule has 1 aromatic heterocycles. The number of anilines is 2. The van der Waals surface area contributed by atoms with Crippen LogP contribution >= 0.6 is 0 Å². The Morgan fingerprint density at radius 3 is 2.41 bits per heavy atom. The molecule has 0 fully saturated rings. The highest BCUT2D eigenvalue weighted by atomic mass is 16.6. The monoisotopic (exact) mass is 467 g/mol. The molecule has 176 valence electrons. The van der Waals surface area contributed by atoms with Gasteiger partial charge in [-0.2, -0.15) is 0 Å². The molecule has 0 saturated heterocycles. The number of non-ortho nitro benzene ring substituents is 1. The van der Waals surface area contributed by atoms with Crippen molar-refractivity contribution in [2.45, 2.75) is 13.5 Å². The number of hydrogen-bond donors (Lipinski definition) is 2. The number of nitro benzene ring substituents is 1. The zero-order valence-electron chi connectivity index (χ0n) is 18.3. The van der Waals surface area contributed by atoms with Crippen LogP contribution in [0.25, 0.3) is 0 Å². The average molecular weight is 467 g/mol. The van der Waals surface area contributed by atoms with Gasteiger partial charge in [0.2, 0.25) is 0 Å². The lowest BCUT2D eigenvalue weighted by atomic mass is 10.1. The molecular weight excluding hydrogens is 446 g/mol. The van der Waals surface area contributed by atoms with Crippen LogP contribution in [-0.4, -0.2) is 40.0 Å². The summed E-state index contributed by atoms with van der Waals surface area (Å²) in [6.45, 7) is 1.62. The Balaban J connectivity index is 2.07. The molecule has 0 bridgehead atoms. The first-order valence-corrected chi connectivity index (χ1v) is 10.0. The highest BCUT2D eigenvalue weighted by molar-refractivity contribution is 6.08. The molecule has 0 aliphatic carbocycles. The third-order valence-electron chi connectivity index (χ3n) is 4.92. The summed E-state index contributed by atoms with van der Waals surface area (Å²) in [6, 6.07) is 11.9. The lowest BCUT2D eigenvalue weighted by Gasteiger charge is -2.20. The quantitative estimate of drug-likeness (QED) is 0.299. The first-order valence-electron chi connectivity index (χ1n) is 10.0. The summed E-state index contributed by atoms with van der Waals surface area (Å²) in [4.78, 5) is 63.8. The van der Waals surface area contributed by atoms with Crippen LogP contribution in [0.3, 0.4) is 0 Å². The Bertz CT molecular complexity index is 1380. The largest absolute Gasteiger partial charge is 0.462 e. The molecule has 3 aromatic rings. The van der Waals surface area contributed by atoms with Crippen LogP contribution in [0.15, 0.2) is 58.1 Å². The van der Waals surface area contributed by atoms with Gasteiger partial charge in [-0.15, -0.1) is 0 Å². The van der Waals surface area contributed by atoms with Crippen molar-refractivity contribution in [2.75, 3.05) is 24.3 Å². The number of carbonyl (C=O) groups is 2. The number of nitro groups is 1. The molecule has 3 rings (SSSR count). The van der Waals surface area contributed by atoms with Gasteiger partial charge in [-0.25, -0.2) is 9.59 Å². The maximum absolute atomic E-state index is 13.2. The fourth-order valence-corrected chi connectivity index (χ4v) is 3.29. The molecule has 12 nitrogen and oxygen atoms in total. The SMILES string of the molecule is CCOC(=O)c1cc(C(=O)N(C)c2c(N)n(Cc3ccccc3)c(=O)[nH]c2=O)cc([N+](=O)[O-])c1. The van der Waals surface area contributed by atoms with Crippen LogP contribution in [0, 0.1) is 10.1 Å². The number of esters is 1. The Morgan fingerprint density at radius 1 is 1.15 bits per heavy atom. The zero-order chi connectivity index (χ0) is 25.0. The second kappa shape index (κ2) is 9.81. The molecule has 34 heavy (non-hydrogen) atoms. The molecule has 0 saturated carbocycles. The van der Waals surface area contributed by atoms with E-state index in [0.29, 0.717) is 0 Å². The third kappa shape index (κ3) is 4.85. The standard InChI is InChI=1S/C22H21N5O7/c1-3-34-21(30)15-9-14(10-16(11-15)27(32)33)20(29)25(2)17-18(23)26(22(31)24-19(17)28)12-13-7-5-4-6-8-13/h4-11H,3,12,23H2,1-2H3,(H,24,28,31). The number of aromatic amines is 1. The average Bonchev–Trinajstić information content (AvgIpc) is 2.81. The van der Waals surface area contributed by atoms with Gasteiger partial charge < -0.3 is 15.4 Å². The number of H-pyrrole nitrogens is 1. The van der Waals surface area contributed by atoms with Gasteiger partial charge in [0.15, 0.2) is 5.69 Å². The lowest BCUT2D eigenvalue weighted by Crippen LogP contribution is -2.39. The van der Waals surface area contributed by atoms with Crippen LogP contribution in [0.5, 0.6) is 0 Å². The summed E-state index contributed by atoms with van der Waals surface area (Å²) in [5.41, 5.74) is 3.85. The number of aromatic nitrogens is 2. The van der Waals surface area contributed by atoms with Crippen molar-refractivity contribution < 1.29 is 19.2 Å². The Hall–Kier alpha value is -4.74. The van der Waals surface area contributed by atoms with E-state index in [1.165, 1.54) is 7.05 Å². The molecule has 12 heteroatoms. The molecule has 2 aromatic carbocycles. The Morgan fingerprint density at radius 2 is 1.79 bits per heavy atom. The van der Waals surface area contributed by atoms with Crippen molar-refractivity contribution in [3.8, 4) is 0 Å². The number of nitrogens with two attached hydrogens (primary N) is 1. The van der Waals surface area contributed by atoms with Gasteiger partial charge in [0.25, 0.3) is 17.2 Å². The van der Waals surface area contributed by atoms with Crippen molar-refractivity contribution >= 4 is 29.1 Å². The number of nitrogens with one attached hydrogen (secondary N) is 1. The van der Waals surface area contributed by atoms with Gasteiger partial charge in [-0.3, -0.25) is 29.3 Å². The Kier molecular flexibility index (Phi) is 6.90. The van der Waals surface area contributed by atoms with Crippen molar-refractivity contribution in [3.05, 3.63) is 96.2 Å². The molecule has 0 radical (unpaired) electrons. The van der Waals surface area contributed by atoms with Crippen LogP contribution < -0.4 is 21.9 Å². The summed E-state index contributed by atoms with van der Waals surface area (Å²) < 4.78 is 5.96. The molecule has 1 heterocycles. The molecule has 3 N–H and O–H groups in total. The molecule has 0 aliphatic rings. The minimum Gasteiger partial charge on any atom is -0.462 e. The third-order valence-corrected chi connectivity index (χ3v) is 4.92. The summed E-state index contributed by atoms with van der Waals surface area (Å²) in [5.74, 6) is -1.99. The van der Waals surface area contributed by atoms with E-state index >= 15 is 0 Å². The van der Waals surface area contributed by atoms with Gasteiger partial charge in [0, 0.05) is 24.7 Å². The normalized spacial score (nSPS) is 10.5. The number of rotatable bonds is 7. The number of amides is 1. The van der Waals surface area contributed by atoms with E-state index in [-0.39, 0.29) is 35.8 Å². The van der Waals surface area contributed by atoms with E-state index < -0.39 is 33.7 Å². The number of nitrogens with zero attached hydrogens (tertiary/aromatic N) is 3. The van der Waals surface area contributed by atoms with E-state index in [4.69, 9.17) is 10.5 Å². The number of hydrogen-bond acceptors (Lipinski definition) is 8. The predicted octanol–water partition coefficient (Wildman–Crippen LogP) is 1.53. The van der Waals surface area contributed by atoms with Crippen molar-refractivity contribution in [1.29, 1.82) is 0 Å². The maximum atomic E-state index is 13.2. The molecule has 1 amide bonds. The zero-order valence-corrected chi connectivity index (χ0v) is 18.3. The van der Waals surface area contributed by atoms with Crippen LogP contribution in [0.1, 0.15) is 33.2 Å². The Labute approximate surface area is 192 Å². The first-order chi connectivity index (χ1) is 16.1. The second-order valence-corrected chi connectivity index (χ2v) is 7.18. The fraction of sp³-hybridized carbons (Fsp3) is 0.182. The van der Waals surface area contributed by atoms with E-state index in [2.05, 4.69) is 4.98 Å². The lowest BCUT2D eigenvalue weighted by molar-refractivity contribution is -0.384. The molecular formula is C22H21N5O7. The number of ether oxygens (including phenoxy) is 1. The van der Waals surface area contributed by atoms with Crippen LogP contribution in [-0.2, 0) is 11.3 Å². The topological polar surface area (TPSA) is 171 Å². The summed E-state index contributed by atoms with van der Waals surface area (Å²) >= 11 is 0.